The number of allylic oxidation sites excluding steroid dienone is 2. The zero-order valence-electron chi connectivity index (χ0n) is 11.2. The van der Waals surface area contributed by atoms with Crippen LogP contribution in [0.3, 0.4) is 0 Å². The molecule has 2 heterocycles. The third-order valence-electron chi connectivity index (χ3n) is 3.57. The minimum absolute atomic E-state index is 0.206. The van der Waals surface area contributed by atoms with Crippen LogP contribution in [0.1, 0.15) is 20.3 Å². The molecular formula is C13H24N2O2. The summed E-state index contributed by atoms with van der Waals surface area (Å²) in [5.41, 5.74) is 0. The van der Waals surface area contributed by atoms with Crippen LogP contribution >= 0.6 is 0 Å². The first-order chi connectivity index (χ1) is 8.19. The molecule has 0 N–H and O–H groups in total. The van der Waals surface area contributed by atoms with Gasteiger partial charge in [-0.1, -0.05) is 6.92 Å². The van der Waals surface area contributed by atoms with E-state index < -0.39 is 0 Å². The number of hydrogen-bond donors (Lipinski definition) is 0. The Morgan fingerprint density at radius 3 is 2.59 bits per heavy atom. The van der Waals surface area contributed by atoms with E-state index in [1.807, 2.05) is 6.92 Å². The Balaban J connectivity index is 1.81. The van der Waals surface area contributed by atoms with Crippen LogP contribution in [-0.2, 0) is 9.47 Å². The summed E-state index contributed by atoms with van der Waals surface area (Å²) < 4.78 is 11.7. The van der Waals surface area contributed by atoms with Gasteiger partial charge in [0.25, 0.3) is 0 Å². The van der Waals surface area contributed by atoms with Gasteiger partial charge in [0, 0.05) is 39.1 Å². The minimum Gasteiger partial charge on any atom is -0.491 e. The molecule has 0 saturated carbocycles. The van der Waals surface area contributed by atoms with Gasteiger partial charge < -0.3 is 14.4 Å². The first-order valence-electron chi connectivity index (χ1n) is 6.59. The third-order valence-corrected chi connectivity index (χ3v) is 3.57. The number of ether oxygens (including phenoxy) is 2. The molecule has 0 aromatic rings. The van der Waals surface area contributed by atoms with Crippen molar-refractivity contribution >= 4 is 0 Å². The summed E-state index contributed by atoms with van der Waals surface area (Å²) in [6, 6.07) is 0. The largest absolute Gasteiger partial charge is 0.491 e. The van der Waals surface area contributed by atoms with E-state index >= 15 is 0 Å². The van der Waals surface area contributed by atoms with Gasteiger partial charge in [0.1, 0.15) is 24.2 Å². The molecule has 4 nitrogen and oxygen atoms in total. The van der Waals surface area contributed by atoms with Crippen LogP contribution in [0.4, 0.5) is 0 Å². The van der Waals surface area contributed by atoms with Crippen molar-refractivity contribution in [2.45, 2.75) is 26.4 Å². The summed E-state index contributed by atoms with van der Waals surface area (Å²) >= 11 is 0. The first kappa shape index (κ1) is 12.7. The fourth-order valence-corrected chi connectivity index (χ4v) is 2.36. The average molecular weight is 240 g/mol. The highest BCUT2D eigenvalue weighted by Crippen LogP contribution is 2.20. The third kappa shape index (κ3) is 3.36. The molecule has 2 aliphatic rings. The van der Waals surface area contributed by atoms with Crippen molar-refractivity contribution in [1.82, 2.24) is 9.80 Å². The topological polar surface area (TPSA) is 24.9 Å². The van der Waals surface area contributed by atoms with Gasteiger partial charge in [-0.25, -0.2) is 0 Å². The van der Waals surface area contributed by atoms with Crippen molar-refractivity contribution in [3.63, 3.8) is 0 Å². The van der Waals surface area contributed by atoms with Gasteiger partial charge in [-0.05, 0) is 14.0 Å². The van der Waals surface area contributed by atoms with Gasteiger partial charge in [-0.3, -0.25) is 4.90 Å². The molecule has 0 radical (unpaired) electrons. The van der Waals surface area contributed by atoms with E-state index in [0.717, 1.165) is 50.7 Å². The maximum absolute atomic E-state index is 5.98. The van der Waals surface area contributed by atoms with E-state index in [0.29, 0.717) is 6.61 Å². The molecular weight excluding hydrogens is 216 g/mol. The zero-order chi connectivity index (χ0) is 12.3. The van der Waals surface area contributed by atoms with Crippen molar-refractivity contribution < 1.29 is 9.47 Å². The van der Waals surface area contributed by atoms with Crippen molar-refractivity contribution in [3.8, 4) is 0 Å². The molecule has 0 aliphatic carbocycles. The highest BCUT2D eigenvalue weighted by Gasteiger charge is 2.24. The number of likely N-dealkylation sites (N-methyl/N-ethyl adjacent to an activating group) is 1. The van der Waals surface area contributed by atoms with Crippen molar-refractivity contribution in [2.24, 2.45) is 0 Å². The van der Waals surface area contributed by atoms with Crippen LogP contribution in [0.2, 0.25) is 0 Å². The second-order valence-electron chi connectivity index (χ2n) is 4.99. The van der Waals surface area contributed by atoms with Gasteiger partial charge >= 0.3 is 0 Å². The van der Waals surface area contributed by atoms with Gasteiger partial charge in [0.2, 0.25) is 0 Å². The Labute approximate surface area is 104 Å². The first-order valence-corrected chi connectivity index (χ1v) is 6.59. The molecule has 4 heteroatoms. The van der Waals surface area contributed by atoms with E-state index in [2.05, 4.69) is 23.8 Å². The lowest BCUT2D eigenvalue weighted by Crippen LogP contribution is -2.48. The lowest BCUT2D eigenvalue weighted by molar-refractivity contribution is -0.0283. The molecule has 0 spiro atoms. The highest BCUT2D eigenvalue weighted by molar-refractivity contribution is 5.01. The van der Waals surface area contributed by atoms with Gasteiger partial charge in [-0.2, -0.15) is 0 Å². The molecule has 2 rings (SSSR count). The molecule has 17 heavy (non-hydrogen) atoms. The molecule has 1 atom stereocenters. The summed E-state index contributed by atoms with van der Waals surface area (Å²) in [6.45, 7) is 10.4. The molecule has 0 aromatic heterocycles. The van der Waals surface area contributed by atoms with Crippen LogP contribution in [0.5, 0.6) is 0 Å². The van der Waals surface area contributed by atoms with Gasteiger partial charge in [-0.15, -0.1) is 0 Å². The SMILES string of the molecule is CCC1=C(C)OC[C@H](CN2CCN(C)CC2)O1. The Kier molecular flexibility index (Phi) is 4.29. The normalized spacial score (nSPS) is 27.8. The van der Waals surface area contributed by atoms with Crippen LogP contribution in [-0.4, -0.2) is 62.3 Å². The fourth-order valence-electron chi connectivity index (χ4n) is 2.36. The number of hydrogen-bond acceptors (Lipinski definition) is 4. The van der Waals surface area contributed by atoms with E-state index in [1.54, 1.807) is 0 Å². The second-order valence-corrected chi connectivity index (χ2v) is 4.99. The maximum atomic E-state index is 5.98. The van der Waals surface area contributed by atoms with E-state index in [9.17, 15) is 0 Å². The lowest BCUT2D eigenvalue weighted by Gasteiger charge is -2.36. The predicted molar refractivity (Wildman–Crippen MR) is 67.8 cm³/mol. The van der Waals surface area contributed by atoms with Crippen molar-refractivity contribution in [3.05, 3.63) is 11.5 Å². The minimum atomic E-state index is 0.206. The zero-order valence-corrected chi connectivity index (χ0v) is 11.2. The van der Waals surface area contributed by atoms with Crippen LogP contribution < -0.4 is 0 Å². The van der Waals surface area contributed by atoms with Crippen LogP contribution in [0.15, 0.2) is 11.5 Å². The van der Waals surface area contributed by atoms with Crippen LogP contribution in [0.25, 0.3) is 0 Å². The Hall–Kier alpha value is -0.740. The molecule has 0 bridgehead atoms. The molecule has 0 unspecified atom stereocenters. The number of rotatable bonds is 3. The van der Waals surface area contributed by atoms with Crippen molar-refractivity contribution in [1.29, 1.82) is 0 Å². The van der Waals surface area contributed by atoms with Crippen LogP contribution in [0, 0.1) is 0 Å². The second kappa shape index (κ2) is 5.74. The van der Waals surface area contributed by atoms with E-state index in [4.69, 9.17) is 9.47 Å². The summed E-state index contributed by atoms with van der Waals surface area (Å²) in [5, 5.41) is 0. The Morgan fingerprint density at radius 2 is 1.94 bits per heavy atom. The molecule has 1 fully saturated rings. The smallest absolute Gasteiger partial charge is 0.145 e. The number of nitrogens with zero attached hydrogens (tertiary/aromatic N) is 2. The standard InChI is InChI=1S/C13H24N2O2/c1-4-13-11(2)16-10-12(17-13)9-15-7-5-14(3)6-8-15/h12H,4-10H2,1-3H3/t12-/m0/s1. The Bertz CT molecular complexity index is 283. The van der Waals surface area contributed by atoms with Crippen molar-refractivity contribution in [2.75, 3.05) is 46.4 Å². The molecule has 2 aliphatic heterocycles. The molecule has 98 valence electrons. The number of piperazine rings is 1. The van der Waals surface area contributed by atoms with Gasteiger partial charge in [0.05, 0.1) is 0 Å². The summed E-state index contributed by atoms with van der Waals surface area (Å²) in [4.78, 5) is 4.85. The maximum Gasteiger partial charge on any atom is 0.145 e. The summed E-state index contributed by atoms with van der Waals surface area (Å²) in [5.74, 6) is 1.98. The Morgan fingerprint density at radius 1 is 1.24 bits per heavy atom. The fraction of sp³-hybridized carbons (Fsp3) is 0.846. The average Bonchev–Trinajstić information content (AvgIpc) is 2.34. The monoisotopic (exact) mass is 240 g/mol. The summed E-state index contributed by atoms with van der Waals surface area (Å²) in [6.07, 6.45) is 1.13. The van der Waals surface area contributed by atoms with E-state index in [1.165, 1.54) is 0 Å². The quantitative estimate of drug-likeness (QED) is 0.742. The molecule has 1 saturated heterocycles. The predicted octanol–water partition coefficient (Wildman–Crippen LogP) is 1.29. The highest BCUT2D eigenvalue weighted by atomic mass is 16.6. The summed E-state index contributed by atoms with van der Waals surface area (Å²) in [7, 11) is 2.18. The lowest BCUT2D eigenvalue weighted by atomic mass is 10.2. The molecule has 0 aromatic carbocycles. The van der Waals surface area contributed by atoms with E-state index in [-0.39, 0.29) is 6.10 Å². The van der Waals surface area contributed by atoms with Gasteiger partial charge in [0.15, 0.2) is 0 Å². The molecule has 0 amide bonds.